The van der Waals surface area contributed by atoms with Crippen molar-refractivity contribution in [1.29, 1.82) is 0 Å². The minimum absolute atomic E-state index is 0.146. The fourth-order valence-corrected chi connectivity index (χ4v) is 2.22. The van der Waals surface area contributed by atoms with Crippen molar-refractivity contribution in [3.05, 3.63) is 24.5 Å². The quantitative estimate of drug-likeness (QED) is 0.729. The van der Waals surface area contributed by atoms with Gasteiger partial charge in [-0.3, -0.25) is 4.79 Å². The molecule has 1 fully saturated rings. The van der Waals surface area contributed by atoms with Crippen molar-refractivity contribution in [2.75, 3.05) is 31.1 Å². The van der Waals surface area contributed by atoms with Crippen LogP contribution < -0.4 is 4.90 Å². The van der Waals surface area contributed by atoms with E-state index in [0.717, 1.165) is 37.6 Å². The molecule has 0 spiro atoms. The molecule has 18 heavy (non-hydrogen) atoms. The number of piperazine rings is 1. The lowest BCUT2D eigenvalue weighted by Crippen LogP contribution is -2.48. The maximum Gasteiger partial charge on any atom is 0.219 e. The number of hydrogen-bond donors (Lipinski definition) is 0. The standard InChI is InChI=1S/C12H15N5O/c1-10(18)15-6-8-16(9-7-15)12-3-2-11-13-4-5-17(11)14-12/h2-5H,6-9H2,1H3. The fraction of sp³-hybridized carbons (Fsp3) is 0.417. The average Bonchev–Trinajstić information content (AvgIpc) is 2.86. The fourth-order valence-electron chi connectivity index (χ4n) is 2.22. The van der Waals surface area contributed by atoms with Gasteiger partial charge in [-0.1, -0.05) is 0 Å². The topological polar surface area (TPSA) is 53.7 Å². The number of fused-ring (bicyclic) bond motifs is 1. The van der Waals surface area contributed by atoms with Crippen LogP contribution in [0.4, 0.5) is 5.82 Å². The number of rotatable bonds is 1. The van der Waals surface area contributed by atoms with Crippen molar-refractivity contribution in [2.45, 2.75) is 6.92 Å². The highest BCUT2D eigenvalue weighted by Gasteiger charge is 2.19. The van der Waals surface area contributed by atoms with Gasteiger partial charge in [0.25, 0.3) is 0 Å². The number of hydrogen-bond acceptors (Lipinski definition) is 4. The molecule has 0 N–H and O–H groups in total. The SMILES string of the molecule is CC(=O)N1CCN(c2ccc3nccn3n2)CC1. The van der Waals surface area contributed by atoms with Crippen LogP contribution in [-0.4, -0.2) is 51.6 Å². The molecule has 2 aromatic rings. The first-order chi connectivity index (χ1) is 8.74. The van der Waals surface area contributed by atoms with Crippen molar-refractivity contribution >= 4 is 17.4 Å². The van der Waals surface area contributed by atoms with Crippen LogP contribution in [0.2, 0.25) is 0 Å². The van der Waals surface area contributed by atoms with E-state index >= 15 is 0 Å². The lowest BCUT2D eigenvalue weighted by Gasteiger charge is -2.34. The van der Waals surface area contributed by atoms with Crippen molar-refractivity contribution in [1.82, 2.24) is 19.5 Å². The molecular formula is C12H15N5O. The Labute approximate surface area is 105 Å². The van der Waals surface area contributed by atoms with Crippen LogP contribution in [0.1, 0.15) is 6.92 Å². The van der Waals surface area contributed by atoms with Gasteiger partial charge in [-0.05, 0) is 12.1 Å². The Morgan fingerprint density at radius 1 is 1.22 bits per heavy atom. The molecule has 2 aromatic heterocycles. The summed E-state index contributed by atoms with van der Waals surface area (Å²) in [6.07, 6.45) is 3.57. The highest BCUT2D eigenvalue weighted by atomic mass is 16.2. The Kier molecular flexibility index (Phi) is 2.62. The predicted molar refractivity (Wildman–Crippen MR) is 67.5 cm³/mol. The molecule has 0 aromatic carbocycles. The average molecular weight is 245 g/mol. The zero-order valence-corrected chi connectivity index (χ0v) is 10.3. The number of nitrogens with zero attached hydrogens (tertiary/aromatic N) is 5. The first-order valence-corrected chi connectivity index (χ1v) is 6.05. The Morgan fingerprint density at radius 2 is 2.00 bits per heavy atom. The van der Waals surface area contributed by atoms with Crippen molar-refractivity contribution in [3.8, 4) is 0 Å². The highest BCUT2D eigenvalue weighted by molar-refractivity contribution is 5.73. The van der Waals surface area contributed by atoms with Crippen LogP contribution in [0.3, 0.4) is 0 Å². The number of aromatic nitrogens is 3. The molecule has 0 saturated carbocycles. The molecule has 3 heterocycles. The van der Waals surface area contributed by atoms with E-state index in [1.807, 2.05) is 23.2 Å². The lowest BCUT2D eigenvalue weighted by molar-refractivity contribution is -0.129. The summed E-state index contributed by atoms with van der Waals surface area (Å²) in [6, 6.07) is 3.94. The number of imidazole rings is 1. The summed E-state index contributed by atoms with van der Waals surface area (Å²) >= 11 is 0. The van der Waals surface area contributed by atoms with Crippen LogP contribution >= 0.6 is 0 Å². The molecular weight excluding hydrogens is 230 g/mol. The molecule has 0 unspecified atom stereocenters. The second kappa shape index (κ2) is 4.29. The van der Waals surface area contributed by atoms with Gasteiger partial charge in [0.2, 0.25) is 5.91 Å². The third-order valence-corrected chi connectivity index (χ3v) is 3.29. The van der Waals surface area contributed by atoms with E-state index in [1.165, 1.54) is 0 Å². The van der Waals surface area contributed by atoms with Gasteiger partial charge in [-0.2, -0.15) is 0 Å². The lowest BCUT2D eigenvalue weighted by atomic mass is 10.3. The van der Waals surface area contributed by atoms with E-state index in [1.54, 1.807) is 17.6 Å². The molecule has 0 aliphatic carbocycles. The van der Waals surface area contributed by atoms with Crippen molar-refractivity contribution in [3.63, 3.8) is 0 Å². The maximum absolute atomic E-state index is 11.3. The summed E-state index contributed by atoms with van der Waals surface area (Å²) < 4.78 is 1.77. The summed E-state index contributed by atoms with van der Waals surface area (Å²) in [5.41, 5.74) is 0.848. The monoisotopic (exact) mass is 245 g/mol. The Bertz CT molecular complexity index is 571. The maximum atomic E-state index is 11.3. The van der Waals surface area contributed by atoms with Gasteiger partial charge in [-0.25, -0.2) is 9.50 Å². The second-order valence-corrected chi connectivity index (χ2v) is 4.41. The summed E-state index contributed by atoms with van der Waals surface area (Å²) in [6.45, 7) is 4.79. The van der Waals surface area contributed by atoms with Gasteiger partial charge >= 0.3 is 0 Å². The highest BCUT2D eigenvalue weighted by Crippen LogP contribution is 2.14. The van der Waals surface area contributed by atoms with Gasteiger partial charge in [0.1, 0.15) is 5.82 Å². The third kappa shape index (κ3) is 1.90. The molecule has 6 nitrogen and oxygen atoms in total. The molecule has 1 aliphatic rings. The van der Waals surface area contributed by atoms with E-state index < -0.39 is 0 Å². The number of carbonyl (C=O) groups excluding carboxylic acids is 1. The van der Waals surface area contributed by atoms with Crippen LogP contribution in [-0.2, 0) is 4.79 Å². The van der Waals surface area contributed by atoms with Crippen LogP contribution in [0, 0.1) is 0 Å². The van der Waals surface area contributed by atoms with Gasteiger partial charge < -0.3 is 9.80 Å². The zero-order valence-electron chi connectivity index (χ0n) is 10.3. The molecule has 94 valence electrons. The second-order valence-electron chi connectivity index (χ2n) is 4.41. The summed E-state index contributed by atoms with van der Waals surface area (Å²) in [5, 5.41) is 4.51. The van der Waals surface area contributed by atoms with E-state index in [2.05, 4.69) is 15.0 Å². The van der Waals surface area contributed by atoms with Gasteiger partial charge in [0.05, 0.1) is 0 Å². The van der Waals surface area contributed by atoms with Crippen LogP contribution in [0.25, 0.3) is 5.65 Å². The largest absolute Gasteiger partial charge is 0.352 e. The number of amides is 1. The van der Waals surface area contributed by atoms with Crippen molar-refractivity contribution in [2.24, 2.45) is 0 Å². The molecule has 0 radical (unpaired) electrons. The molecule has 1 aliphatic heterocycles. The smallest absolute Gasteiger partial charge is 0.219 e. The van der Waals surface area contributed by atoms with Gasteiger partial charge in [0.15, 0.2) is 5.65 Å². The summed E-state index contributed by atoms with van der Waals surface area (Å²) in [5.74, 6) is 1.08. The van der Waals surface area contributed by atoms with E-state index in [-0.39, 0.29) is 5.91 Å². The third-order valence-electron chi connectivity index (χ3n) is 3.29. The Morgan fingerprint density at radius 3 is 2.72 bits per heavy atom. The van der Waals surface area contributed by atoms with E-state index in [9.17, 15) is 4.79 Å². The molecule has 1 saturated heterocycles. The number of anilines is 1. The van der Waals surface area contributed by atoms with E-state index in [0.29, 0.717) is 0 Å². The Hall–Kier alpha value is -2.11. The summed E-state index contributed by atoms with van der Waals surface area (Å²) in [4.78, 5) is 19.5. The predicted octanol–water partition coefficient (Wildman–Crippen LogP) is 0.398. The minimum atomic E-state index is 0.146. The summed E-state index contributed by atoms with van der Waals surface area (Å²) in [7, 11) is 0. The normalized spacial score (nSPS) is 16.3. The molecule has 6 heteroatoms. The van der Waals surface area contributed by atoms with Gasteiger partial charge in [-0.15, -0.1) is 5.10 Å². The van der Waals surface area contributed by atoms with Gasteiger partial charge in [0, 0.05) is 45.5 Å². The number of carbonyl (C=O) groups is 1. The van der Waals surface area contributed by atoms with Crippen LogP contribution in [0.5, 0.6) is 0 Å². The van der Waals surface area contributed by atoms with Crippen LogP contribution in [0.15, 0.2) is 24.5 Å². The van der Waals surface area contributed by atoms with E-state index in [4.69, 9.17) is 0 Å². The molecule has 0 atom stereocenters. The minimum Gasteiger partial charge on any atom is -0.352 e. The molecule has 0 bridgehead atoms. The first-order valence-electron chi connectivity index (χ1n) is 6.05. The molecule has 3 rings (SSSR count). The Balaban J connectivity index is 1.77. The zero-order chi connectivity index (χ0) is 12.5. The van der Waals surface area contributed by atoms with Crippen molar-refractivity contribution < 1.29 is 4.79 Å². The molecule has 1 amide bonds. The first kappa shape index (κ1) is 11.0.